The first-order valence-electron chi connectivity index (χ1n) is 11.1. The van der Waals surface area contributed by atoms with Gasteiger partial charge in [-0.15, -0.1) is 0 Å². The summed E-state index contributed by atoms with van der Waals surface area (Å²) in [7, 11) is 0. The smallest absolute Gasteiger partial charge is 0.238 e. The lowest BCUT2D eigenvalue weighted by atomic mass is 10.1. The van der Waals surface area contributed by atoms with Gasteiger partial charge in [0.05, 0.1) is 23.8 Å². The third-order valence-corrected chi connectivity index (χ3v) is 5.57. The number of hydrogen-bond donors (Lipinski definition) is 0. The van der Waals surface area contributed by atoms with Crippen molar-refractivity contribution >= 4 is 12.1 Å². The van der Waals surface area contributed by atoms with Crippen molar-refractivity contribution in [3.8, 4) is 46.1 Å². The van der Waals surface area contributed by atoms with Gasteiger partial charge in [-0.05, 0) is 55.5 Å². The zero-order valence-corrected chi connectivity index (χ0v) is 19.1. The van der Waals surface area contributed by atoms with Crippen LogP contribution in [0.5, 0.6) is 0 Å². The summed E-state index contributed by atoms with van der Waals surface area (Å²) in [6.45, 7) is 1.87. The second-order valence-corrected chi connectivity index (χ2v) is 7.93. The average molecular weight is 474 g/mol. The average Bonchev–Trinajstić information content (AvgIpc) is 3.72. The number of nitriles is 1. The van der Waals surface area contributed by atoms with Crippen molar-refractivity contribution in [1.82, 2.24) is 9.78 Å². The van der Waals surface area contributed by atoms with Gasteiger partial charge in [-0.1, -0.05) is 18.2 Å². The van der Waals surface area contributed by atoms with Gasteiger partial charge >= 0.3 is 0 Å². The second-order valence-electron chi connectivity index (χ2n) is 7.93. The molecular weight excluding hydrogens is 456 g/mol. The minimum Gasteiger partial charge on any atom is -0.464 e. The molecule has 0 bridgehead atoms. The molecule has 8 heteroatoms. The third-order valence-electron chi connectivity index (χ3n) is 5.57. The minimum atomic E-state index is 0.129. The van der Waals surface area contributed by atoms with E-state index in [4.69, 9.17) is 22.8 Å². The molecular formula is C28H18N4O4. The summed E-state index contributed by atoms with van der Waals surface area (Å²) < 4.78 is 24.8. The van der Waals surface area contributed by atoms with Crippen molar-refractivity contribution in [2.75, 3.05) is 0 Å². The number of aliphatic imine (C=N–C) groups is 1. The first kappa shape index (κ1) is 21.3. The van der Waals surface area contributed by atoms with Gasteiger partial charge < -0.3 is 17.7 Å². The van der Waals surface area contributed by atoms with Crippen LogP contribution in [-0.2, 0) is 0 Å². The van der Waals surface area contributed by atoms with Gasteiger partial charge in [0.2, 0.25) is 5.88 Å². The zero-order chi connectivity index (χ0) is 24.5. The van der Waals surface area contributed by atoms with E-state index in [1.54, 1.807) is 35.2 Å². The van der Waals surface area contributed by atoms with Crippen LogP contribution >= 0.6 is 0 Å². The predicted molar refractivity (Wildman–Crippen MR) is 132 cm³/mol. The highest BCUT2D eigenvalue weighted by atomic mass is 16.4. The summed E-state index contributed by atoms with van der Waals surface area (Å²) in [5.74, 6) is 2.81. The number of hydrogen-bond acceptors (Lipinski definition) is 7. The summed E-state index contributed by atoms with van der Waals surface area (Å²) in [5, 5.41) is 14.7. The highest BCUT2D eigenvalue weighted by Crippen LogP contribution is 2.43. The lowest BCUT2D eigenvalue weighted by Crippen LogP contribution is -1.93. The maximum absolute atomic E-state index is 10.0. The lowest BCUT2D eigenvalue weighted by Gasteiger charge is -1.98. The summed E-state index contributed by atoms with van der Waals surface area (Å²) in [5.41, 5.74) is 2.90. The summed E-state index contributed by atoms with van der Waals surface area (Å²) in [6, 6.07) is 22.7. The molecule has 0 saturated carbocycles. The highest BCUT2D eigenvalue weighted by Gasteiger charge is 2.26. The van der Waals surface area contributed by atoms with Crippen molar-refractivity contribution in [3.05, 3.63) is 102 Å². The number of furan rings is 4. The summed E-state index contributed by atoms with van der Waals surface area (Å²) in [6.07, 6.45) is 6.53. The molecule has 0 aliphatic rings. The van der Waals surface area contributed by atoms with Gasteiger partial charge in [0.1, 0.15) is 28.8 Å². The zero-order valence-electron chi connectivity index (χ0n) is 19.1. The Morgan fingerprint density at radius 3 is 2.33 bits per heavy atom. The van der Waals surface area contributed by atoms with E-state index in [1.807, 2.05) is 55.6 Å². The molecule has 36 heavy (non-hydrogen) atoms. The normalized spacial score (nSPS) is 11.3. The van der Waals surface area contributed by atoms with E-state index in [0.717, 1.165) is 11.4 Å². The fraction of sp³-hybridized carbons (Fsp3) is 0.0357. The quantitative estimate of drug-likeness (QED) is 0.237. The van der Waals surface area contributed by atoms with E-state index < -0.39 is 0 Å². The van der Waals surface area contributed by atoms with Crippen LogP contribution in [0.25, 0.3) is 40.0 Å². The Morgan fingerprint density at radius 2 is 1.67 bits per heavy atom. The van der Waals surface area contributed by atoms with Crippen LogP contribution in [0, 0.1) is 18.3 Å². The van der Waals surface area contributed by atoms with Crippen LogP contribution in [0.15, 0.2) is 108 Å². The molecule has 0 aliphatic heterocycles. The number of rotatable bonds is 6. The molecule has 0 saturated heterocycles. The van der Waals surface area contributed by atoms with Gasteiger partial charge in [-0.3, -0.25) is 0 Å². The van der Waals surface area contributed by atoms with E-state index in [1.165, 1.54) is 12.5 Å². The van der Waals surface area contributed by atoms with Crippen LogP contribution in [0.2, 0.25) is 0 Å². The molecule has 0 spiro atoms. The molecule has 0 aliphatic carbocycles. The first-order valence-corrected chi connectivity index (χ1v) is 11.1. The largest absolute Gasteiger partial charge is 0.464 e. The molecule has 0 atom stereocenters. The number of benzene rings is 1. The fourth-order valence-electron chi connectivity index (χ4n) is 3.93. The predicted octanol–water partition coefficient (Wildman–Crippen LogP) is 7.18. The minimum absolute atomic E-state index is 0.129. The molecule has 1 aromatic carbocycles. The molecule has 0 amide bonds. The van der Waals surface area contributed by atoms with Crippen molar-refractivity contribution in [1.29, 1.82) is 5.26 Å². The Balaban J connectivity index is 1.48. The maximum Gasteiger partial charge on any atom is 0.238 e. The van der Waals surface area contributed by atoms with Crippen molar-refractivity contribution < 1.29 is 17.7 Å². The number of nitrogens with zero attached hydrogens (tertiary/aromatic N) is 4. The van der Waals surface area contributed by atoms with Crippen LogP contribution < -0.4 is 0 Å². The Bertz CT molecular complexity index is 1690. The Kier molecular flexibility index (Phi) is 5.20. The molecule has 5 heterocycles. The van der Waals surface area contributed by atoms with E-state index in [0.29, 0.717) is 39.9 Å². The van der Waals surface area contributed by atoms with Crippen molar-refractivity contribution in [2.24, 2.45) is 4.99 Å². The third kappa shape index (κ3) is 3.75. The molecule has 0 fully saturated rings. The molecule has 0 radical (unpaired) electrons. The van der Waals surface area contributed by atoms with Gasteiger partial charge in [0.15, 0.2) is 17.3 Å². The Morgan fingerprint density at radius 1 is 0.889 bits per heavy atom. The monoisotopic (exact) mass is 474 g/mol. The highest BCUT2D eigenvalue weighted by molar-refractivity contribution is 5.91. The molecule has 0 unspecified atom stereocenters. The van der Waals surface area contributed by atoms with Crippen LogP contribution in [0.4, 0.5) is 5.88 Å². The molecule has 6 rings (SSSR count). The van der Waals surface area contributed by atoms with Gasteiger partial charge in [0.25, 0.3) is 0 Å². The molecule has 8 nitrogen and oxygen atoms in total. The first-order chi connectivity index (χ1) is 17.7. The number of aromatic nitrogens is 2. The Labute approximate surface area is 205 Å². The fourth-order valence-corrected chi connectivity index (χ4v) is 3.93. The number of para-hydroxylation sites is 1. The summed E-state index contributed by atoms with van der Waals surface area (Å²) >= 11 is 0. The Hall–Kier alpha value is -5.29. The van der Waals surface area contributed by atoms with Crippen molar-refractivity contribution in [3.63, 3.8) is 0 Å². The summed E-state index contributed by atoms with van der Waals surface area (Å²) in [4.78, 5) is 4.56. The topological polar surface area (TPSA) is 107 Å². The van der Waals surface area contributed by atoms with Crippen LogP contribution in [0.1, 0.15) is 16.9 Å². The molecule has 6 aromatic rings. The molecule has 0 N–H and O–H groups in total. The van der Waals surface area contributed by atoms with E-state index in [2.05, 4.69) is 11.1 Å². The molecule has 5 aromatic heterocycles. The number of aryl methyl sites for hydroxylation is 1. The lowest BCUT2D eigenvalue weighted by molar-refractivity contribution is 0.527. The molecule has 174 valence electrons. The van der Waals surface area contributed by atoms with E-state index in [-0.39, 0.29) is 11.4 Å². The SMILES string of the molecule is Cc1ccc(-c2nn(-c3ccccc3)cc2C=Nc2oc(-c3ccco3)c(-c3ccco3)c2C#N)o1. The van der Waals surface area contributed by atoms with Crippen LogP contribution in [0.3, 0.4) is 0 Å². The van der Waals surface area contributed by atoms with Gasteiger partial charge in [-0.25, -0.2) is 9.67 Å². The second kappa shape index (κ2) is 8.81. The van der Waals surface area contributed by atoms with Gasteiger partial charge in [0, 0.05) is 18.0 Å². The standard InChI is InChI=1S/C28H18N4O4/c1-18-11-12-23(35-18)26-19(17-32(31-26)20-7-3-2-4-8-20)16-30-28-21(15-29)25(22-9-5-13-33-22)27(36-28)24-10-6-14-34-24/h2-14,16-17H,1H3. The maximum atomic E-state index is 10.0. The van der Waals surface area contributed by atoms with Crippen molar-refractivity contribution in [2.45, 2.75) is 6.92 Å². The van der Waals surface area contributed by atoms with E-state index >= 15 is 0 Å². The van der Waals surface area contributed by atoms with E-state index in [9.17, 15) is 5.26 Å². The van der Waals surface area contributed by atoms with Crippen LogP contribution in [-0.4, -0.2) is 16.0 Å². The van der Waals surface area contributed by atoms with Gasteiger partial charge in [-0.2, -0.15) is 10.4 Å².